The first-order chi connectivity index (χ1) is 9.31. The number of anilines is 1. The second kappa shape index (κ2) is 5.75. The summed E-state index contributed by atoms with van der Waals surface area (Å²) in [6.45, 7) is 3.63. The third kappa shape index (κ3) is 2.91. The number of aliphatic hydroxyl groups is 1. The van der Waals surface area contributed by atoms with Crippen LogP contribution >= 0.6 is 11.3 Å². The predicted molar refractivity (Wildman–Crippen MR) is 75.7 cm³/mol. The molecule has 0 aliphatic carbocycles. The average Bonchev–Trinajstić information content (AvgIpc) is 3.11. The van der Waals surface area contributed by atoms with E-state index in [1.807, 2.05) is 11.6 Å². The van der Waals surface area contributed by atoms with E-state index in [-0.39, 0.29) is 12.1 Å². The highest BCUT2D eigenvalue weighted by atomic mass is 32.1. The van der Waals surface area contributed by atoms with Gasteiger partial charge in [-0.2, -0.15) is 0 Å². The van der Waals surface area contributed by atoms with Crippen LogP contribution in [0, 0.1) is 0 Å². The van der Waals surface area contributed by atoms with Gasteiger partial charge in [-0.25, -0.2) is 4.98 Å². The van der Waals surface area contributed by atoms with Gasteiger partial charge in [-0.15, -0.1) is 11.3 Å². The first kappa shape index (κ1) is 13.3. The van der Waals surface area contributed by atoms with E-state index >= 15 is 0 Å². The SMILES string of the molecule is OCC1(NC2CCN(c3nccs3)CC2)CCOC1. The van der Waals surface area contributed by atoms with Crippen molar-refractivity contribution in [2.24, 2.45) is 0 Å². The van der Waals surface area contributed by atoms with Gasteiger partial charge >= 0.3 is 0 Å². The Labute approximate surface area is 117 Å². The number of thiazole rings is 1. The van der Waals surface area contributed by atoms with E-state index in [1.54, 1.807) is 11.3 Å². The molecule has 2 aliphatic heterocycles. The molecule has 0 aromatic carbocycles. The molecule has 5 nitrogen and oxygen atoms in total. The number of ether oxygens (including phenoxy) is 1. The maximum Gasteiger partial charge on any atom is 0.185 e. The quantitative estimate of drug-likeness (QED) is 0.858. The summed E-state index contributed by atoms with van der Waals surface area (Å²) in [5.74, 6) is 0. The summed E-state index contributed by atoms with van der Waals surface area (Å²) in [5.41, 5.74) is -0.200. The molecule has 0 bridgehead atoms. The van der Waals surface area contributed by atoms with Crippen molar-refractivity contribution >= 4 is 16.5 Å². The molecule has 1 atom stereocenters. The number of piperidine rings is 1. The van der Waals surface area contributed by atoms with Crippen LogP contribution in [0.25, 0.3) is 0 Å². The molecule has 2 fully saturated rings. The van der Waals surface area contributed by atoms with Crippen LogP contribution in [0.15, 0.2) is 11.6 Å². The first-order valence-electron chi connectivity index (χ1n) is 6.92. The normalized spacial score (nSPS) is 29.0. The summed E-state index contributed by atoms with van der Waals surface area (Å²) in [7, 11) is 0. The lowest BCUT2D eigenvalue weighted by atomic mass is 9.95. The zero-order chi connectivity index (χ0) is 13.1. The van der Waals surface area contributed by atoms with Crippen molar-refractivity contribution < 1.29 is 9.84 Å². The molecule has 0 radical (unpaired) electrons. The number of nitrogens with zero attached hydrogens (tertiary/aromatic N) is 2. The second-order valence-electron chi connectivity index (χ2n) is 5.46. The van der Waals surface area contributed by atoms with Gasteiger partial charge in [-0.05, 0) is 19.3 Å². The fraction of sp³-hybridized carbons (Fsp3) is 0.769. The van der Waals surface area contributed by atoms with E-state index < -0.39 is 0 Å². The minimum atomic E-state index is -0.200. The molecular weight excluding hydrogens is 262 g/mol. The average molecular weight is 283 g/mol. The van der Waals surface area contributed by atoms with Gasteiger partial charge in [0, 0.05) is 37.3 Å². The molecule has 3 heterocycles. The van der Waals surface area contributed by atoms with Gasteiger partial charge < -0.3 is 20.1 Å². The molecule has 106 valence electrons. The zero-order valence-electron chi connectivity index (χ0n) is 11.0. The summed E-state index contributed by atoms with van der Waals surface area (Å²) in [6.07, 6.45) is 4.97. The van der Waals surface area contributed by atoms with E-state index in [0.29, 0.717) is 12.6 Å². The van der Waals surface area contributed by atoms with Gasteiger partial charge in [0.1, 0.15) is 0 Å². The van der Waals surface area contributed by atoms with Crippen molar-refractivity contribution in [1.29, 1.82) is 0 Å². The van der Waals surface area contributed by atoms with E-state index in [0.717, 1.165) is 44.1 Å². The second-order valence-corrected chi connectivity index (χ2v) is 6.33. The predicted octanol–water partition coefficient (Wildman–Crippen LogP) is 0.853. The Morgan fingerprint density at radius 2 is 2.37 bits per heavy atom. The maximum atomic E-state index is 9.59. The van der Waals surface area contributed by atoms with Crippen molar-refractivity contribution in [3.05, 3.63) is 11.6 Å². The van der Waals surface area contributed by atoms with Crippen LogP contribution in [0.3, 0.4) is 0 Å². The molecule has 3 rings (SSSR count). The fourth-order valence-electron chi connectivity index (χ4n) is 2.91. The Morgan fingerprint density at radius 1 is 1.53 bits per heavy atom. The Hall–Kier alpha value is -0.690. The number of aliphatic hydroxyl groups excluding tert-OH is 1. The molecule has 2 aliphatic rings. The van der Waals surface area contributed by atoms with E-state index in [9.17, 15) is 5.11 Å². The van der Waals surface area contributed by atoms with E-state index in [2.05, 4.69) is 15.2 Å². The molecule has 2 N–H and O–H groups in total. The standard InChI is InChI=1S/C13H21N3O2S/c17-9-13(3-7-18-10-13)15-11-1-5-16(6-2-11)12-14-4-8-19-12/h4,8,11,15,17H,1-3,5-7,9-10H2. The smallest absolute Gasteiger partial charge is 0.185 e. The molecule has 2 saturated heterocycles. The number of hydrogen-bond acceptors (Lipinski definition) is 6. The topological polar surface area (TPSA) is 57.6 Å². The molecule has 1 aromatic heterocycles. The van der Waals surface area contributed by atoms with Crippen molar-refractivity contribution in [2.75, 3.05) is 37.8 Å². The highest BCUT2D eigenvalue weighted by Gasteiger charge is 2.36. The lowest BCUT2D eigenvalue weighted by molar-refractivity contribution is 0.109. The number of hydrogen-bond donors (Lipinski definition) is 2. The van der Waals surface area contributed by atoms with Crippen molar-refractivity contribution in [2.45, 2.75) is 30.8 Å². The van der Waals surface area contributed by atoms with Crippen molar-refractivity contribution in [3.8, 4) is 0 Å². The third-order valence-electron chi connectivity index (χ3n) is 4.10. The van der Waals surface area contributed by atoms with Crippen LogP contribution < -0.4 is 10.2 Å². The number of aromatic nitrogens is 1. The molecule has 6 heteroatoms. The lowest BCUT2D eigenvalue weighted by Gasteiger charge is -2.37. The van der Waals surface area contributed by atoms with Crippen LogP contribution in [-0.2, 0) is 4.74 Å². The van der Waals surface area contributed by atoms with Gasteiger partial charge in [0.15, 0.2) is 5.13 Å². The Kier molecular flexibility index (Phi) is 4.02. The molecule has 0 amide bonds. The lowest BCUT2D eigenvalue weighted by Crippen LogP contribution is -2.56. The monoisotopic (exact) mass is 283 g/mol. The van der Waals surface area contributed by atoms with Crippen LogP contribution in [-0.4, -0.2) is 54.6 Å². The van der Waals surface area contributed by atoms with Gasteiger partial charge in [0.05, 0.1) is 18.8 Å². The summed E-state index contributed by atoms with van der Waals surface area (Å²) < 4.78 is 5.43. The van der Waals surface area contributed by atoms with Gasteiger partial charge in [0.25, 0.3) is 0 Å². The summed E-state index contributed by atoms with van der Waals surface area (Å²) in [5, 5.41) is 16.4. The molecular formula is C13H21N3O2S. The summed E-state index contributed by atoms with van der Waals surface area (Å²) in [4.78, 5) is 6.71. The molecule has 1 unspecified atom stereocenters. The van der Waals surface area contributed by atoms with Gasteiger partial charge in [0.2, 0.25) is 0 Å². The first-order valence-corrected chi connectivity index (χ1v) is 7.80. The Balaban J connectivity index is 1.53. The minimum Gasteiger partial charge on any atom is -0.394 e. The van der Waals surface area contributed by atoms with Gasteiger partial charge in [-0.3, -0.25) is 0 Å². The van der Waals surface area contributed by atoms with Crippen LogP contribution in [0.4, 0.5) is 5.13 Å². The van der Waals surface area contributed by atoms with Crippen LogP contribution in [0.1, 0.15) is 19.3 Å². The highest BCUT2D eigenvalue weighted by molar-refractivity contribution is 7.13. The maximum absolute atomic E-state index is 9.59. The third-order valence-corrected chi connectivity index (χ3v) is 4.93. The molecule has 0 saturated carbocycles. The molecule has 1 aromatic rings. The van der Waals surface area contributed by atoms with Gasteiger partial charge in [-0.1, -0.05) is 0 Å². The Bertz CT molecular complexity index is 385. The van der Waals surface area contributed by atoms with E-state index in [1.165, 1.54) is 0 Å². The van der Waals surface area contributed by atoms with Crippen LogP contribution in [0.5, 0.6) is 0 Å². The fourth-order valence-corrected chi connectivity index (χ4v) is 3.61. The number of nitrogens with one attached hydrogen (secondary N) is 1. The summed E-state index contributed by atoms with van der Waals surface area (Å²) >= 11 is 1.70. The molecule has 19 heavy (non-hydrogen) atoms. The zero-order valence-corrected chi connectivity index (χ0v) is 11.9. The summed E-state index contributed by atoms with van der Waals surface area (Å²) in [6, 6.07) is 0.477. The number of rotatable bonds is 4. The Morgan fingerprint density at radius 3 is 2.95 bits per heavy atom. The molecule has 0 spiro atoms. The van der Waals surface area contributed by atoms with Crippen LogP contribution in [0.2, 0.25) is 0 Å². The minimum absolute atomic E-state index is 0.166. The highest BCUT2D eigenvalue weighted by Crippen LogP contribution is 2.25. The van der Waals surface area contributed by atoms with Crippen molar-refractivity contribution in [1.82, 2.24) is 10.3 Å². The van der Waals surface area contributed by atoms with Crippen molar-refractivity contribution in [3.63, 3.8) is 0 Å². The largest absolute Gasteiger partial charge is 0.394 e. The van der Waals surface area contributed by atoms with E-state index in [4.69, 9.17) is 4.74 Å².